The number of rotatable bonds is 4. The number of carboxylic acids is 1. The topological polar surface area (TPSA) is 102 Å². The van der Waals surface area contributed by atoms with Gasteiger partial charge in [-0.1, -0.05) is 6.07 Å². The molecule has 2 N–H and O–H groups in total. The Bertz CT molecular complexity index is 1010. The van der Waals surface area contributed by atoms with Gasteiger partial charge in [-0.05, 0) is 25.1 Å². The van der Waals surface area contributed by atoms with Gasteiger partial charge in [0.05, 0.1) is 5.69 Å². The highest BCUT2D eigenvalue weighted by atomic mass is 32.2. The summed E-state index contributed by atoms with van der Waals surface area (Å²) in [6.45, 7) is 1.41. The zero-order chi connectivity index (χ0) is 16.8. The molecule has 2 aromatic heterocycles. The predicted molar refractivity (Wildman–Crippen MR) is 84.1 cm³/mol. The van der Waals surface area contributed by atoms with Crippen LogP contribution in [-0.2, 0) is 17.1 Å². The molecule has 0 amide bonds. The van der Waals surface area contributed by atoms with E-state index in [0.29, 0.717) is 5.69 Å². The predicted octanol–water partition coefficient (Wildman–Crippen LogP) is 2.58. The number of nitrogens with zero attached hydrogens (tertiary/aromatic N) is 1. The van der Waals surface area contributed by atoms with Gasteiger partial charge in [0.1, 0.15) is 10.7 Å². The fourth-order valence-corrected chi connectivity index (χ4v) is 3.69. The van der Waals surface area contributed by atoms with Crippen molar-refractivity contribution in [3.8, 4) is 0 Å². The van der Waals surface area contributed by atoms with E-state index in [0.717, 1.165) is 17.0 Å². The van der Waals surface area contributed by atoms with Crippen LogP contribution in [0.15, 0.2) is 45.8 Å². The second-order valence-electron chi connectivity index (χ2n) is 5.11. The maximum Gasteiger partial charge on any atom is 0.371 e. The third-order valence-electron chi connectivity index (χ3n) is 3.54. The van der Waals surface area contributed by atoms with Crippen molar-refractivity contribution in [2.75, 3.05) is 4.72 Å². The number of aromatic nitrogens is 1. The Labute approximate surface area is 132 Å². The molecule has 7 nitrogen and oxygen atoms in total. The van der Waals surface area contributed by atoms with Crippen molar-refractivity contribution >= 4 is 32.6 Å². The van der Waals surface area contributed by atoms with Crippen LogP contribution in [-0.4, -0.2) is 24.1 Å². The van der Waals surface area contributed by atoms with Crippen molar-refractivity contribution < 1.29 is 22.7 Å². The molecule has 0 radical (unpaired) electrons. The molecule has 0 fully saturated rings. The molecule has 23 heavy (non-hydrogen) atoms. The SMILES string of the molecule is Cc1oc(C(=O)O)cc1S(=O)(=O)Nc1cccc2c1ccn2C. The average molecular weight is 334 g/mol. The van der Waals surface area contributed by atoms with Crippen LogP contribution in [0.5, 0.6) is 0 Å². The number of hydrogen-bond donors (Lipinski definition) is 2. The average Bonchev–Trinajstić information content (AvgIpc) is 3.04. The standard InChI is InChI=1S/C15H14N2O5S/c1-9-14(8-13(22-9)15(18)19)23(20,21)16-11-4-3-5-12-10(11)6-7-17(12)2/h3-8,16H,1-2H3,(H,18,19). The first kappa shape index (κ1) is 15.2. The first-order valence-electron chi connectivity index (χ1n) is 6.70. The highest BCUT2D eigenvalue weighted by Crippen LogP contribution is 2.28. The summed E-state index contributed by atoms with van der Waals surface area (Å²) in [4.78, 5) is 10.7. The Morgan fingerprint density at radius 1 is 1.30 bits per heavy atom. The highest BCUT2D eigenvalue weighted by molar-refractivity contribution is 7.92. The molecule has 2 heterocycles. The second-order valence-corrected chi connectivity index (χ2v) is 6.76. The van der Waals surface area contributed by atoms with E-state index in [4.69, 9.17) is 9.52 Å². The van der Waals surface area contributed by atoms with Gasteiger partial charge in [-0.15, -0.1) is 0 Å². The number of aryl methyl sites for hydroxylation is 2. The number of carboxylic acid groups (broad SMARTS) is 1. The Morgan fingerprint density at radius 3 is 2.70 bits per heavy atom. The molecule has 0 aliphatic heterocycles. The van der Waals surface area contributed by atoms with Crippen LogP contribution in [0.1, 0.15) is 16.3 Å². The molecule has 0 aliphatic rings. The maximum atomic E-state index is 12.5. The zero-order valence-electron chi connectivity index (χ0n) is 12.4. The van der Waals surface area contributed by atoms with Crippen LogP contribution >= 0.6 is 0 Å². The molecule has 3 aromatic rings. The lowest BCUT2D eigenvalue weighted by Crippen LogP contribution is -2.13. The van der Waals surface area contributed by atoms with Gasteiger partial charge < -0.3 is 14.1 Å². The summed E-state index contributed by atoms with van der Waals surface area (Å²) in [6.07, 6.45) is 1.83. The van der Waals surface area contributed by atoms with E-state index < -0.39 is 21.8 Å². The minimum Gasteiger partial charge on any atom is -0.475 e. The van der Waals surface area contributed by atoms with Crippen LogP contribution in [0, 0.1) is 6.92 Å². The number of nitrogens with one attached hydrogen (secondary N) is 1. The second kappa shape index (κ2) is 5.17. The van der Waals surface area contributed by atoms with Gasteiger partial charge in [0, 0.05) is 30.2 Å². The van der Waals surface area contributed by atoms with Gasteiger partial charge in [0.15, 0.2) is 0 Å². The summed E-state index contributed by atoms with van der Waals surface area (Å²) >= 11 is 0. The fraction of sp³-hybridized carbons (Fsp3) is 0.133. The lowest BCUT2D eigenvalue weighted by atomic mass is 10.2. The third-order valence-corrected chi connectivity index (χ3v) is 5.02. The molecule has 0 atom stereocenters. The molecule has 0 saturated heterocycles. The number of anilines is 1. The van der Waals surface area contributed by atoms with E-state index in [1.54, 1.807) is 18.2 Å². The van der Waals surface area contributed by atoms with Crippen molar-refractivity contribution in [2.24, 2.45) is 7.05 Å². The Balaban J connectivity index is 2.05. The van der Waals surface area contributed by atoms with E-state index in [1.165, 1.54) is 6.92 Å². The molecular formula is C15H14N2O5S. The summed E-state index contributed by atoms with van der Waals surface area (Å²) < 4.78 is 34.4. The van der Waals surface area contributed by atoms with Crippen molar-refractivity contribution in [2.45, 2.75) is 11.8 Å². The summed E-state index contributed by atoms with van der Waals surface area (Å²) in [5, 5.41) is 9.66. The van der Waals surface area contributed by atoms with Crippen LogP contribution < -0.4 is 4.72 Å². The number of hydrogen-bond acceptors (Lipinski definition) is 4. The van der Waals surface area contributed by atoms with Gasteiger partial charge in [-0.2, -0.15) is 0 Å². The minimum absolute atomic E-state index is 0.0233. The van der Waals surface area contributed by atoms with Gasteiger partial charge in [-0.3, -0.25) is 4.72 Å². The van der Waals surface area contributed by atoms with E-state index in [9.17, 15) is 13.2 Å². The lowest BCUT2D eigenvalue weighted by molar-refractivity contribution is 0.0661. The number of carbonyl (C=O) groups is 1. The molecule has 0 spiro atoms. The molecule has 3 rings (SSSR count). The van der Waals surface area contributed by atoms with Crippen molar-refractivity contribution in [1.29, 1.82) is 0 Å². The smallest absolute Gasteiger partial charge is 0.371 e. The van der Waals surface area contributed by atoms with Crippen molar-refractivity contribution in [3.05, 3.63) is 48.0 Å². The maximum absolute atomic E-state index is 12.5. The minimum atomic E-state index is -3.96. The molecule has 0 aliphatic carbocycles. The number of fused-ring (bicyclic) bond motifs is 1. The first-order chi connectivity index (χ1) is 10.8. The van der Waals surface area contributed by atoms with Crippen LogP contribution in [0.4, 0.5) is 5.69 Å². The number of aromatic carboxylic acids is 1. The molecule has 0 bridgehead atoms. The molecule has 0 saturated carbocycles. The molecule has 8 heteroatoms. The number of furan rings is 1. The molecule has 1 aromatic carbocycles. The third kappa shape index (κ3) is 2.57. The monoisotopic (exact) mass is 334 g/mol. The summed E-state index contributed by atoms with van der Waals surface area (Å²) in [5.41, 5.74) is 1.29. The van der Waals surface area contributed by atoms with Crippen molar-refractivity contribution in [1.82, 2.24) is 4.57 Å². The zero-order valence-corrected chi connectivity index (χ0v) is 13.2. The summed E-state index contributed by atoms with van der Waals surface area (Å²) in [5.74, 6) is -1.71. The Kier molecular flexibility index (Phi) is 3.41. The highest BCUT2D eigenvalue weighted by Gasteiger charge is 2.24. The van der Waals surface area contributed by atoms with E-state index in [2.05, 4.69) is 4.72 Å². The molecular weight excluding hydrogens is 320 g/mol. The van der Waals surface area contributed by atoms with Crippen molar-refractivity contribution in [3.63, 3.8) is 0 Å². The summed E-state index contributed by atoms with van der Waals surface area (Å²) in [7, 11) is -2.09. The number of sulfonamides is 1. The normalized spacial score (nSPS) is 11.7. The van der Waals surface area contributed by atoms with Gasteiger partial charge in [0.2, 0.25) is 5.76 Å². The first-order valence-corrected chi connectivity index (χ1v) is 8.18. The van der Waals surface area contributed by atoms with E-state index in [-0.39, 0.29) is 10.7 Å². The lowest BCUT2D eigenvalue weighted by Gasteiger charge is -2.08. The fourth-order valence-electron chi connectivity index (χ4n) is 2.43. The van der Waals surface area contributed by atoms with Crippen LogP contribution in [0.25, 0.3) is 10.9 Å². The van der Waals surface area contributed by atoms with Gasteiger partial charge in [-0.25, -0.2) is 13.2 Å². The summed E-state index contributed by atoms with van der Waals surface area (Å²) in [6, 6.07) is 8.07. The van der Waals surface area contributed by atoms with E-state index >= 15 is 0 Å². The quantitative estimate of drug-likeness (QED) is 0.763. The number of benzene rings is 1. The Hall–Kier alpha value is -2.74. The van der Waals surface area contributed by atoms with Gasteiger partial charge in [0.25, 0.3) is 10.0 Å². The Morgan fingerprint density at radius 2 is 2.04 bits per heavy atom. The molecule has 120 valence electrons. The largest absolute Gasteiger partial charge is 0.475 e. The van der Waals surface area contributed by atoms with Crippen LogP contribution in [0.3, 0.4) is 0 Å². The van der Waals surface area contributed by atoms with Gasteiger partial charge >= 0.3 is 5.97 Å². The van der Waals surface area contributed by atoms with Crippen LogP contribution in [0.2, 0.25) is 0 Å². The van der Waals surface area contributed by atoms with E-state index in [1.807, 2.05) is 23.9 Å². The molecule has 0 unspecified atom stereocenters.